The minimum Gasteiger partial charge on any atom is -0.464 e. The summed E-state index contributed by atoms with van der Waals surface area (Å²) in [5.74, 6) is -0.542. The molecular formula is C13H12N2O4. The molecular weight excluding hydrogens is 248 g/mol. The first kappa shape index (κ1) is 12.8. The predicted octanol–water partition coefficient (Wildman–Crippen LogP) is 2.48. The molecule has 0 amide bonds. The average molecular weight is 260 g/mol. The number of aromatic nitrogens is 1. The Labute approximate surface area is 109 Å². The molecule has 0 aliphatic heterocycles. The molecule has 0 fully saturated rings. The van der Waals surface area contributed by atoms with Crippen LogP contribution in [-0.4, -0.2) is 22.6 Å². The molecule has 0 radical (unpaired) electrons. The normalized spacial score (nSPS) is 10.2. The molecule has 0 unspecified atom stereocenters. The number of nitro groups is 1. The van der Waals surface area contributed by atoms with E-state index in [-0.39, 0.29) is 11.4 Å². The predicted molar refractivity (Wildman–Crippen MR) is 68.5 cm³/mol. The lowest BCUT2D eigenvalue weighted by molar-refractivity contribution is -0.384. The molecule has 98 valence electrons. The van der Waals surface area contributed by atoms with Gasteiger partial charge < -0.3 is 9.30 Å². The zero-order chi connectivity index (χ0) is 14.0. The lowest BCUT2D eigenvalue weighted by Gasteiger charge is -2.08. The Hall–Kier alpha value is -2.63. The Morgan fingerprint density at radius 2 is 2.11 bits per heavy atom. The van der Waals surface area contributed by atoms with E-state index in [1.165, 1.54) is 17.7 Å². The fraction of sp³-hybridized carbons (Fsp3) is 0.154. The molecule has 1 aromatic carbocycles. The van der Waals surface area contributed by atoms with Gasteiger partial charge in [-0.25, -0.2) is 4.79 Å². The Bertz CT molecular complexity index is 646. The molecule has 0 saturated heterocycles. The van der Waals surface area contributed by atoms with Gasteiger partial charge in [-0.1, -0.05) is 6.07 Å². The Kier molecular flexibility index (Phi) is 3.33. The number of hydrogen-bond acceptors (Lipinski definition) is 4. The highest BCUT2D eigenvalue weighted by Gasteiger charge is 2.19. The van der Waals surface area contributed by atoms with E-state index >= 15 is 0 Å². The fourth-order valence-electron chi connectivity index (χ4n) is 1.85. The smallest absolute Gasteiger partial charge is 0.355 e. The van der Waals surface area contributed by atoms with Crippen LogP contribution in [0.2, 0.25) is 0 Å². The van der Waals surface area contributed by atoms with Crippen LogP contribution in [0.15, 0.2) is 36.5 Å². The first-order chi connectivity index (χ1) is 9.04. The van der Waals surface area contributed by atoms with E-state index in [0.717, 1.165) is 5.56 Å². The highest BCUT2D eigenvalue weighted by molar-refractivity contribution is 5.88. The van der Waals surface area contributed by atoms with Crippen LogP contribution in [0, 0.1) is 17.0 Å². The van der Waals surface area contributed by atoms with Gasteiger partial charge in [0.15, 0.2) is 0 Å². The van der Waals surface area contributed by atoms with Gasteiger partial charge in [-0.2, -0.15) is 0 Å². The quantitative estimate of drug-likeness (QED) is 0.482. The number of ether oxygens (including phenoxy) is 1. The maximum Gasteiger partial charge on any atom is 0.355 e. The van der Waals surface area contributed by atoms with Crippen LogP contribution in [0.25, 0.3) is 5.69 Å². The average Bonchev–Trinajstić information content (AvgIpc) is 2.86. The van der Waals surface area contributed by atoms with Gasteiger partial charge in [-0.3, -0.25) is 10.1 Å². The first-order valence-corrected chi connectivity index (χ1v) is 5.55. The molecule has 0 bridgehead atoms. The summed E-state index contributed by atoms with van der Waals surface area (Å²) in [6.45, 7) is 1.77. The van der Waals surface area contributed by atoms with E-state index in [1.54, 1.807) is 37.4 Å². The van der Waals surface area contributed by atoms with Gasteiger partial charge >= 0.3 is 5.97 Å². The zero-order valence-electron chi connectivity index (χ0n) is 10.5. The molecule has 6 heteroatoms. The van der Waals surface area contributed by atoms with Crippen molar-refractivity contribution in [1.82, 2.24) is 4.57 Å². The third-order valence-electron chi connectivity index (χ3n) is 2.73. The summed E-state index contributed by atoms with van der Waals surface area (Å²) >= 11 is 0. The molecule has 19 heavy (non-hydrogen) atoms. The van der Waals surface area contributed by atoms with Crippen molar-refractivity contribution in [3.8, 4) is 5.69 Å². The summed E-state index contributed by atoms with van der Waals surface area (Å²) in [6.07, 6.45) is 1.59. The highest BCUT2D eigenvalue weighted by Crippen LogP contribution is 2.25. The zero-order valence-corrected chi connectivity index (χ0v) is 10.5. The molecule has 0 atom stereocenters. The van der Waals surface area contributed by atoms with Gasteiger partial charge in [-0.15, -0.1) is 0 Å². The maximum absolute atomic E-state index is 11.6. The molecule has 0 aliphatic carbocycles. The van der Waals surface area contributed by atoms with E-state index in [1.807, 2.05) is 0 Å². The van der Waals surface area contributed by atoms with Gasteiger partial charge in [0, 0.05) is 12.3 Å². The maximum atomic E-state index is 11.6. The minimum absolute atomic E-state index is 0.0543. The molecule has 2 aromatic rings. The lowest BCUT2D eigenvalue weighted by Crippen LogP contribution is -2.10. The summed E-state index contributed by atoms with van der Waals surface area (Å²) in [5.41, 5.74) is 1.30. The van der Waals surface area contributed by atoms with E-state index in [2.05, 4.69) is 4.74 Å². The Morgan fingerprint density at radius 3 is 2.74 bits per heavy atom. The molecule has 0 saturated carbocycles. The van der Waals surface area contributed by atoms with E-state index in [0.29, 0.717) is 5.69 Å². The van der Waals surface area contributed by atoms with Gasteiger partial charge in [0.05, 0.1) is 12.0 Å². The molecule has 2 rings (SSSR count). The summed E-state index contributed by atoms with van der Waals surface area (Å²) in [5, 5.41) is 11.1. The number of carbonyl (C=O) groups excluding carboxylic acids is 1. The second-order valence-electron chi connectivity index (χ2n) is 4.00. The third-order valence-corrected chi connectivity index (χ3v) is 2.73. The van der Waals surface area contributed by atoms with Crippen LogP contribution in [0.3, 0.4) is 0 Å². The van der Waals surface area contributed by atoms with Crippen LogP contribution in [-0.2, 0) is 4.74 Å². The second-order valence-corrected chi connectivity index (χ2v) is 4.00. The van der Waals surface area contributed by atoms with Gasteiger partial charge in [-0.05, 0) is 30.7 Å². The van der Waals surface area contributed by atoms with Crippen molar-refractivity contribution < 1.29 is 14.5 Å². The van der Waals surface area contributed by atoms with Crippen molar-refractivity contribution in [2.24, 2.45) is 0 Å². The van der Waals surface area contributed by atoms with Crippen molar-refractivity contribution in [1.29, 1.82) is 0 Å². The summed E-state index contributed by atoms with van der Waals surface area (Å²) in [6, 6.07) is 8.02. The molecule has 0 N–H and O–H groups in total. The topological polar surface area (TPSA) is 74.4 Å². The number of benzene rings is 1. The van der Waals surface area contributed by atoms with Crippen LogP contribution in [0.4, 0.5) is 5.69 Å². The largest absolute Gasteiger partial charge is 0.464 e. The molecule has 0 aliphatic rings. The summed E-state index contributed by atoms with van der Waals surface area (Å²) in [4.78, 5) is 22.2. The number of nitro benzene ring substituents is 1. The second kappa shape index (κ2) is 4.93. The van der Waals surface area contributed by atoms with Crippen molar-refractivity contribution in [3.05, 3.63) is 57.9 Å². The molecule has 6 nitrogen and oxygen atoms in total. The van der Waals surface area contributed by atoms with Crippen molar-refractivity contribution >= 4 is 11.7 Å². The van der Waals surface area contributed by atoms with Gasteiger partial charge in [0.25, 0.3) is 5.69 Å². The van der Waals surface area contributed by atoms with E-state index < -0.39 is 10.9 Å². The number of methoxy groups -OCH3 is 1. The van der Waals surface area contributed by atoms with Gasteiger partial charge in [0.1, 0.15) is 11.4 Å². The lowest BCUT2D eigenvalue weighted by atomic mass is 10.2. The van der Waals surface area contributed by atoms with Crippen molar-refractivity contribution in [2.75, 3.05) is 7.11 Å². The number of hydrogen-bond donors (Lipinski definition) is 0. The van der Waals surface area contributed by atoms with Gasteiger partial charge in [0.2, 0.25) is 0 Å². The summed E-state index contributed by atoms with van der Waals surface area (Å²) < 4.78 is 6.10. The number of rotatable bonds is 3. The molecule has 0 spiro atoms. The van der Waals surface area contributed by atoms with Crippen molar-refractivity contribution in [2.45, 2.75) is 6.92 Å². The number of aryl methyl sites for hydroxylation is 1. The number of nitrogens with zero attached hydrogens (tertiary/aromatic N) is 2. The fourth-order valence-corrected chi connectivity index (χ4v) is 1.85. The third kappa shape index (κ3) is 2.33. The van der Waals surface area contributed by atoms with Crippen molar-refractivity contribution in [3.63, 3.8) is 0 Å². The highest BCUT2D eigenvalue weighted by atomic mass is 16.6. The SMILES string of the molecule is COC(=O)c1cccn1-c1ccc(C)cc1[N+](=O)[O-]. The number of carbonyl (C=O) groups is 1. The minimum atomic E-state index is -0.542. The Morgan fingerprint density at radius 1 is 1.37 bits per heavy atom. The van der Waals surface area contributed by atoms with E-state index in [9.17, 15) is 14.9 Å². The number of esters is 1. The Balaban J connectivity index is 2.63. The van der Waals surface area contributed by atoms with E-state index in [4.69, 9.17) is 0 Å². The standard InChI is InChI=1S/C13H12N2O4/c1-9-5-6-10(12(8-9)15(17)18)14-7-3-4-11(14)13(16)19-2/h3-8H,1-2H3. The first-order valence-electron chi connectivity index (χ1n) is 5.55. The van der Waals surface area contributed by atoms with Crippen LogP contribution >= 0.6 is 0 Å². The van der Waals surface area contributed by atoms with Crippen LogP contribution < -0.4 is 0 Å². The summed E-state index contributed by atoms with van der Waals surface area (Å²) in [7, 11) is 1.27. The van der Waals surface area contributed by atoms with Crippen LogP contribution in [0.5, 0.6) is 0 Å². The monoisotopic (exact) mass is 260 g/mol. The molecule has 1 aromatic heterocycles. The van der Waals surface area contributed by atoms with Crippen LogP contribution in [0.1, 0.15) is 16.1 Å². The molecule has 1 heterocycles.